The van der Waals surface area contributed by atoms with E-state index in [1.54, 1.807) is 0 Å². The number of carbonyl (C=O) groups is 1. The lowest BCUT2D eigenvalue weighted by Crippen LogP contribution is -2.35. The first kappa shape index (κ1) is 19.2. The molecule has 2 heterocycles. The van der Waals surface area contributed by atoms with E-state index >= 15 is 0 Å². The SMILES string of the molecule is Cl.O=C(Nc1ccc(-n2nccc2C(F)(F)F)cc1)C1CC(O)CN1. The van der Waals surface area contributed by atoms with Crippen molar-refractivity contribution < 1.29 is 23.1 Å². The summed E-state index contributed by atoms with van der Waals surface area (Å²) in [5, 5.41) is 18.6. The Bertz CT molecular complexity index is 733. The summed E-state index contributed by atoms with van der Waals surface area (Å²) >= 11 is 0. The van der Waals surface area contributed by atoms with Crippen LogP contribution in [0.4, 0.5) is 18.9 Å². The minimum Gasteiger partial charge on any atom is -0.392 e. The van der Waals surface area contributed by atoms with Gasteiger partial charge in [-0.05, 0) is 36.8 Å². The van der Waals surface area contributed by atoms with E-state index in [0.29, 0.717) is 18.7 Å². The molecular formula is C15H16ClF3N4O2. The highest BCUT2D eigenvalue weighted by Crippen LogP contribution is 2.30. The molecule has 1 aliphatic heterocycles. The molecule has 1 fully saturated rings. The predicted octanol–water partition coefficient (Wildman–Crippen LogP) is 1.97. The van der Waals surface area contributed by atoms with Gasteiger partial charge in [0.2, 0.25) is 5.91 Å². The number of aliphatic hydroxyl groups excluding tert-OH is 1. The Morgan fingerprint density at radius 3 is 2.52 bits per heavy atom. The number of nitrogens with zero attached hydrogens (tertiary/aromatic N) is 2. The van der Waals surface area contributed by atoms with Gasteiger partial charge >= 0.3 is 6.18 Å². The van der Waals surface area contributed by atoms with Crippen LogP contribution in [0.25, 0.3) is 5.69 Å². The number of halogens is 4. The molecule has 25 heavy (non-hydrogen) atoms. The normalized spacial score (nSPS) is 20.2. The topological polar surface area (TPSA) is 79.2 Å². The maximum Gasteiger partial charge on any atom is 0.433 e. The molecule has 0 spiro atoms. The molecule has 1 aromatic carbocycles. The average Bonchev–Trinajstić information content (AvgIpc) is 3.16. The van der Waals surface area contributed by atoms with Crippen molar-refractivity contribution in [3.63, 3.8) is 0 Å². The number of hydrogen-bond acceptors (Lipinski definition) is 4. The number of alkyl halides is 3. The maximum absolute atomic E-state index is 12.9. The molecule has 1 aromatic heterocycles. The van der Waals surface area contributed by atoms with E-state index < -0.39 is 24.0 Å². The minimum atomic E-state index is -4.50. The van der Waals surface area contributed by atoms with Gasteiger partial charge in [0.25, 0.3) is 0 Å². The molecule has 2 unspecified atom stereocenters. The molecule has 136 valence electrons. The number of anilines is 1. The lowest BCUT2D eigenvalue weighted by molar-refractivity contribution is -0.142. The van der Waals surface area contributed by atoms with Crippen LogP contribution in [0.1, 0.15) is 12.1 Å². The van der Waals surface area contributed by atoms with Crippen LogP contribution in [-0.2, 0) is 11.0 Å². The summed E-state index contributed by atoms with van der Waals surface area (Å²) in [6.07, 6.45) is -3.65. The van der Waals surface area contributed by atoms with Gasteiger partial charge in [-0.25, -0.2) is 4.68 Å². The molecule has 3 rings (SSSR count). The Morgan fingerprint density at radius 2 is 1.96 bits per heavy atom. The van der Waals surface area contributed by atoms with E-state index in [4.69, 9.17) is 0 Å². The van der Waals surface area contributed by atoms with Crippen LogP contribution >= 0.6 is 12.4 Å². The molecule has 1 aliphatic rings. The van der Waals surface area contributed by atoms with E-state index in [9.17, 15) is 23.1 Å². The van der Waals surface area contributed by atoms with Crippen molar-refractivity contribution in [1.29, 1.82) is 0 Å². The number of benzene rings is 1. The smallest absolute Gasteiger partial charge is 0.392 e. The zero-order valence-electron chi connectivity index (χ0n) is 12.8. The number of nitrogens with one attached hydrogen (secondary N) is 2. The Kier molecular flexibility index (Phi) is 5.71. The molecule has 2 aromatic rings. The highest BCUT2D eigenvalue weighted by molar-refractivity contribution is 5.95. The molecule has 0 bridgehead atoms. The summed E-state index contributed by atoms with van der Waals surface area (Å²) in [6.45, 7) is 0.358. The highest BCUT2D eigenvalue weighted by atomic mass is 35.5. The van der Waals surface area contributed by atoms with Gasteiger partial charge in [0, 0.05) is 12.2 Å². The average molecular weight is 377 g/mol. The van der Waals surface area contributed by atoms with E-state index in [0.717, 1.165) is 16.9 Å². The van der Waals surface area contributed by atoms with Crippen molar-refractivity contribution in [2.45, 2.75) is 24.7 Å². The summed E-state index contributed by atoms with van der Waals surface area (Å²) in [5.41, 5.74) is -0.184. The minimum absolute atomic E-state index is 0. The number of amides is 1. The summed E-state index contributed by atoms with van der Waals surface area (Å²) in [5.74, 6) is -0.297. The third-order valence-electron chi connectivity index (χ3n) is 3.74. The molecule has 1 saturated heterocycles. The number of β-amino-alcohol motifs (C(OH)–C–C–N with tert-alkyl or cyclic N) is 1. The fourth-order valence-corrected chi connectivity index (χ4v) is 2.56. The van der Waals surface area contributed by atoms with Crippen LogP contribution in [0.2, 0.25) is 0 Å². The lowest BCUT2D eigenvalue weighted by atomic mass is 10.2. The molecule has 0 aliphatic carbocycles. The first-order valence-electron chi connectivity index (χ1n) is 7.28. The zero-order chi connectivity index (χ0) is 17.3. The standard InChI is InChI=1S/C15H15F3N4O2.ClH/c16-15(17,18)13-5-6-20-22(13)10-3-1-9(2-4-10)21-14(24)12-7-11(23)8-19-12;/h1-6,11-12,19,23H,7-8H2,(H,21,24);1H. The Morgan fingerprint density at radius 1 is 1.28 bits per heavy atom. The van der Waals surface area contributed by atoms with Crippen LogP contribution in [0, 0.1) is 0 Å². The molecule has 0 saturated carbocycles. The van der Waals surface area contributed by atoms with Crippen LogP contribution in [0.5, 0.6) is 0 Å². The van der Waals surface area contributed by atoms with Gasteiger partial charge in [0.1, 0.15) is 5.69 Å². The van der Waals surface area contributed by atoms with E-state index in [1.807, 2.05) is 0 Å². The largest absolute Gasteiger partial charge is 0.433 e. The van der Waals surface area contributed by atoms with E-state index in [-0.39, 0.29) is 24.0 Å². The van der Waals surface area contributed by atoms with Crippen molar-refractivity contribution >= 4 is 24.0 Å². The summed E-state index contributed by atoms with van der Waals surface area (Å²) in [7, 11) is 0. The molecule has 3 N–H and O–H groups in total. The van der Waals surface area contributed by atoms with Crippen molar-refractivity contribution in [3.05, 3.63) is 42.2 Å². The van der Waals surface area contributed by atoms with Crippen LogP contribution in [0.3, 0.4) is 0 Å². The van der Waals surface area contributed by atoms with Crippen molar-refractivity contribution in [1.82, 2.24) is 15.1 Å². The van der Waals surface area contributed by atoms with Gasteiger partial charge in [0.15, 0.2) is 0 Å². The second-order valence-corrected chi connectivity index (χ2v) is 5.51. The van der Waals surface area contributed by atoms with Crippen molar-refractivity contribution in [2.24, 2.45) is 0 Å². The van der Waals surface area contributed by atoms with Gasteiger partial charge in [-0.3, -0.25) is 4.79 Å². The second-order valence-electron chi connectivity index (χ2n) is 5.51. The fraction of sp³-hybridized carbons (Fsp3) is 0.333. The monoisotopic (exact) mass is 376 g/mol. The predicted molar refractivity (Wildman–Crippen MR) is 86.9 cm³/mol. The maximum atomic E-state index is 12.9. The van der Waals surface area contributed by atoms with Gasteiger partial charge in [-0.1, -0.05) is 0 Å². The lowest BCUT2D eigenvalue weighted by Gasteiger charge is -2.13. The number of hydrogen-bond donors (Lipinski definition) is 3. The van der Waals surface area contributed by atoms with Crippen molar-refractivity contribution in [3.8, 4) is 5.69 Å². The van der Waals surface area contributed by atoms with Gasteiger partial charge in [0.05, 0.1) is 24.0 Å². The van der Waals surface area contributed by atoms with Crippen molar-refractivity contribution in [2.75, 3.05) is 11.9 Å². The van der Waals surface area contributed by atoms with Crippen LogP contribution < -0.4 is 10.6 Å². The highest BCUT2D eigenvalue weighted by Gasteiger charge is 2.35. The molecule has 10 heteroatoms. The molecule has 6 nitrogen and oxygen atoms in total. The quantitative estimate of drug-likeness (QED) is 0.765. The van der Waals surface area contributed by atoms with E-state index in [1.165, 1.54) is 24.3 Å². The summed E-state index contributed by atoms with van der Waals surface area (Å²) in [6, 6.07) is 6.29. The van der Waals surface area contributed by atoms with Crippen LogP contribution in [0.15, 0.2) is 36.5 Å². The Hall–Kier alpha value is -2.10. The molecular weight excluding hydrogens is 361 g/mol. The van der Waals surface area contributed by atoms with Gasteiger partial charge in [-0.15, -0.1) is 12.4 Å². The van der Waals surface area contributed by atoms with Gasteiger partial charge < -0.3 is 15.7 Å². The Labute approximate surface area is 147 Å². The third kappa shape index (κ3) is 4.30. The molecule has 0 radical (unpaired) electrons. The first-order chi connectivity index (χ1) is 11.3. The number of aromatic nitrogens is 2. The Balaban J connectivity index is 0.00000225. The number of carbonyl (C=O) groups excluding carboxylic acids is 1. The molecule has 2 atom stereocenters. The number of rotatable bonds is 3. The zero-order valence-corrected chi connectivity index (χ0v) is 13.6. The van der Waals surface area contributed by atoms with E-state index in [2.05, 4.69) is 15.7 Å². The first-order valence-corrected chi connectivity index (χ1v) is 7.28. The van der Waals surface area contributed by atoms with Gasteiger partial charge in [-0.2, -0.15) is 18.3 Å². The fourth-order valence-electron chi connectivity index (χ4n) is 2.56. The second kappa shape index (κ2) is 7.42. The number of aliphatic hydroxyl groups is 1. The summed E-state index contributed by atoms with van der Waals surface area (Å²) < 4.78 is 39.4. The van der Waals surface area contributed by atoms with Crippen LogP contribution in [-0.4, -0.2) is 39.5 Å². The molecule has 1 amide bonds. The third-order valence-corrected chi connectivity index (χ3v) is 3.74. The summed E-state index contributed by atoms with van der Waals surface area (Å²) in [4.78, 5) is 12.0.